The number of aliphatic carboxylic acids is 1. The summed E-state index contributed by atoms with van der Waals surface area (Å²) in [6.45, 7) is 13.6. The number of hydrogen-bond donors (Lipinski definition) is 4. The highest BCUT2D eigenvalue weighted by Gasteiger charge is 2.41. The number of nitrogen functional groups attached to an aromatic ring is 1. The minimum atomic E-state index is -1.18. The molecule has 2 heterocycles. The number of ether oxygens (including phenoxy) is 1. The minimum Gasteiger partial charge on any atom is -0.481 e. The van der Waals surface area contributed by atoms with Crippen molar-refractivity contribution < 1.29 is 33.8 Å². The zero-order chi connectivity index (χ0) is 43.2. The molecule has 0 unspecified atom stereocenters. The van der Waals surface area contributed by atoms with Crippen molar-refractivity contribution in [1.29, 1.82) is 0 Å². The molecule has 14 heteroatoms. The second-order valence-corrected chi connectivity index (χ2v) is 17.7. The van der Waals surface area contributed by atoms with Crippen molar-refractivity contribution in [3.05, 3.63) is 40.2 Å². The first kappa shape index (κ1) is 47.9. The number of benzene rings is 1. The molecule has 1 aromatic carbocycles. The Kier molecular flexibility index (Phi) is 18.7. The van der Waals surface area contributed by atoms with Crippen LogP contribution in [-0.4, -0.2) is 81.9 Å². The highest BCUT2D eigenvalue weighted by atomic mass is 32.1. The first-order chi connectivity index (χ1) is 27.4. The van der Waals surface area contributed by atoms with Gasteiger partial charge in [0.2, 0.25) is 17.7 Å². The van der Waals surface area contributed by atoms with Gasteiger partial charge < -0.3 is 31.1 Å². The first-order valence-electron chi connectivity index (χ1n) is 20.6. The number of amides is 3. The van der Waals surface area contributed by atoms with Crippen LogP contribution in [0.2, 0.25) is 0 Å². The van der Waals surface area contributed by atoms with Crippen LogP contribution in [0.3, 0.4) is 0 Å². The quantitative estimate of drug-likeness (QED) is 0.0321. The molecule has 1 aliphatic rings. The third kappa shape index (κ3) is 14.1. The molecule has 3 rings (SSSR count). The summed E-state index contributed by atoms with van der Waals surface area (Å²) in [5.41, 5.74) is 6.09. The Balaban J connectivity index is 1.94. The fourth-order valence-corrected chi connectivity index (χ4v) is 8.28. The Morgan fingerprint density at radius 2 is 1.81 bits per heavy atom. The Hall–Kier alpha value is -4.48. The molecular formula is C44H66N6O7S. The topological polar surface area (TPSA) is 184 Å². The van der Waals surface area contributed by atoms with Gasteiger partial charge in [-0.1, -0.05) is 46.2 Å². The van der Waals surface area contributed by atoms with E-state index >= 15 is 0 Å². The number of piperidine rings is 1. The van der Waals surface area contributed by atoms with Crippen LogP contribution in [0.1, 0.15) is 123 Å². The van der Waals surface area contributed by atoms with E-state index in [0.29, 0.717) is 42.9 Å². The molecule has 58 heavy (non-hydrogen) atoms. The van der Waals surface area contributed by atoms with E-state index in [9.17, 15) is 29.1 Å². The molecule has 1 aromatic heterocycles. The minimum absolute atomic E-state index is 0.0694. The van der Waals surface area contributed by atoms with Crippen molar-refractivity contribution >= 4 is 52.5 Å². The maximum Gasteiger partial charge on any atom is 0.309 e. The summed E-state index contributed by atoms with van der Waals surface area (Å²) in [7, 11) is 1.99. The number of thiazole rings is 1. The van der Waals surface area contributed by atoms with Crippen molar-refractivity contribution in [2.24, 2.45) is 29.1 Å². The summed E-state index contributed by atoms with van der Waals surface area (Å²) >= 11 is 1.21. The molecule has 0 bridgehead atoms. The molecule has 6 atom stereocenters. The Morgan fingerprint density at radius 3 is 2.40 bits per heavy atom. The third-order valence-corrected chi connectivity index (χ3v) is 12.2. The number of carboxylic acids is 1. The number of carbonyl (C=O) groups excluding carboxylic acids is 4. The van der Waals surface area contributed by atoms with Crippen molar-refractivity contribution in [3.8, 4) is 12.3 Å². The van der Waals surface area contributed by atoms with Crippen LogP contribution in [0.25, 0.3) is 0 Å². The smallest absolute Gasteiger partial charge is 0.309 e. The van der Waals surface area contributed by atoms with E-state index in [1.165, 1.54) is 18.3 Å². The molecule has 1 saturated heterocycles. The number of hydrogen-bond acceptors (Lipinski definition) is 10. The third-order valence-electron chi connectivity index (χ3n) is 11.2. The fraction of sp³-hybridized carbons (Fsp3) is 0.636. The van der Waals surface area contributed by atoms with Crippen LogP contribution in [-0.2, 0) is 35.1 Å². The lowest BCUT2D eigenvalue weighted by Crippen LogP contribution is -2.56. The van der Waals surface area contributed by atoms with E-state index in [-0.39, 0.29) is 54.9 Å². The molecule has 0 radical (unpaired) electrons. The van der Waals surface area contributed by atoms with Crippen molar-refractivity contribution in [2.75, 3.05) is 31.2 Å². The number of nitrogens with two attached hydrogens (primary N) is 1. The van der Waals surface area contributed by atoms with E-state index in [2.05, 4.69) is 21.5 Å². The summed E-state index contributed by atoms with van der Waals surface area (Å²) in [6.07, 6.45) is 10.5. The zero-order valence-corrected chi connectivity index (χ0v) is 36.5. The Labute approximate surface area is 349 Å². The molecule has 1 aliphatic heterocycles. The molecule has 0 spiro atoms. The maximum atomic E-state index is 14.8. The molecule has 2 aromatic rings. The van der Waals surface area contributed by atoms with Gasteiger partial charge in [0.25, 0.3) is 0 Å². The average Bonchev–Trinajstić information content (AvgIpc) is 3.63. The lowest BCUT2D eigenvalue weighted by atomic mass is 9.80. The second-order valence-electron chi connectivity index (χ2n) is 16.8. The summed E-state index contributed by atoms with van der Waals surface area (Å²) in [6, 6.07) is 6.65. The molecular weight excluding hydrogens is 757 g/mol. The second kappa shape index (κ2) is 22.6. The number of rotatable bonds is 22. The predicted octanol–water partition coefficient (Wildman–Crippen LogP) is 6.89. The van der Waals surface area contributed by atoms with E-state index < -0.39 is 47.2 Å². The highest BCUT2D eigenvalue weighted by molar-refractivity contribution is 7.10. The monoisotopic (exact) mass is 822 g/mol. The van der Waals surface area contributed by atoms with E-state index in [1.54, 1.807) is 36.3 Å². The predicted molar refractivity (Wildman–Crippen MR) is 228 cm³/mol. The van der Waals surface area contributed by atoms with E-state index in [0.717, 1.165) is 31.4 Å². The van der Waals surface area contributed by atoms with Crippen LogP contribution in [0.5, 0.6) is 0 Å². The van der Waals surface area contributed by atoms with Crippen LogP contribution >= 0.6 is 11.3 Å². The Bertz CT molecular complexity index is 1720. The van der Waals surface area contributed by atoms with Crippen molar-refractivity contribution in [1.82, 2.24) is 20.1 Å². The SMILES string of the molecule is C#CCCCCN(C(=O)[C@H](C(=O)N[C@H]1CCCCN1C)[C@@H](C)CC)[C@H](C[C@@H](OC(C)=O)c1nc(NC(=O)[C@@H](Cc2ccc(N)cc2)CC(C)(C)C(=O)O)cs1)C(C)C. The van der Waals surface area contributed by atoms with Gasteiger partial charge in [-0.3, -0.25) is 28.9 Å². The van der Waals surface area contributed by atoms with Gasteiger partial charge in [-0.25, -0.2) is 4.98 Å². The fourth-order valence-electron chi connectivity index (χ4n) is 7.49. The average molecular weight is 823 g/mol. The largest absolute Gasteiger partial charge is 0.481 e. The van der Waals surface area contributed by atoms with Crippen molar-refractivity contribution in [2.45, 2.75) is 131 Å². The van der Waals surface area contributed by atoms with Gasteiger partial charge in [0.1, 0.15) is 16.7 Å². The lowest BCUT2D eigenvalue weighted by molar-refractivity contribution is -0.151. The van der Waals surface area contributed by atoms with E-state index in [4.69, 9.17) is 21.9 Å². The summed E-state index contributed by atoms with van der Waals surface area (Å²) < 4.78 is 5.90. The summed E-state index contributed by atoms with van der Waals surface area (Å²) in [5, 5.41) is 18.0. The van der Waals surface area contributed by atoms with Gasteiger partial charge in [-0.05, 0) is 102 Å². The molecule has 0 saturated carbocycles. The number of nitrogens with zero attached hydrogens (tertiary/aromatic N) is 3. The van der Waals surface area contributed by atoms with Gasteiger partial charge in [-0.2, -0.15) is 0 Å². The van der Waals surface area contributed by atoms with Crippen LogP contribution < -0.4 is 16.4 Å². The molecule has 320 valence electrons. The molecule has 3 amide bonds. The van der Waals surface area contributed by atoms with Gasteiger partial charge in [0.05, 0.1) is 11.6 Å². The van der Waals surface area contributed by atoms with Gasteiger partial charge >= 0.3 is 11.9 Å². The number of carbonyl (C=O) groups is 5. The molecule has 13 nitrogen and oxygen atoms in total. The molecule has 1 fully saturated rings. The summed E-state index contributed by atoms with van der Waals surface area (Å²) in [5.74, 6) is -1.56. The number of terminal acetylenes is 1. The van der Waals surface area contributed by atoms with Crippen LogP contribution in [0.15, 0.2) is 29.6 Å². The number of carboxylic acid groups (broad SMARTS) is 1. The maximum absolute atomic E-state index is 14.8. The number of aromatic nitrogens is 1. The van der Waals surface area contributed by atoms with Crippen LogP contribution in [0, 0.1) is 41.4 Å². The number of nitrogens with one attached hydrogen (secondary N) is 2. The number of esters is 1. The number of unbranched alkanes of at least 4 members (excludes halogenated alkanes) is 2. The molecule has 5 N–H and O–H groups in total. The number of anilines is 2. The number of likely N-dealkylation sites (tertiary alicyclic amines) is 1. The van der Waals surface area contributed by atoms with Crippen molar-refractivity contribution in [3.63, 3.8) is 0 Å². The lowest BCUT2D eigenvalue weighted by Gasteiger charge is -2.40. The van der Waals surface area contributed by atoms with E-state index in [1.807, 2.05) is 46.9 Å². The van der Waals surface area contributed by atoms with Crippen LogP contribution in [0.4, 0.5) is 11.5 Å². The van der Waals surface area contributed by atoms with Gasteiger partial charge in [0, 0.05) is 49.3 Å². The Morgan fingerprint density at radius 1 is 1.12 bits per heavy atom. The molecule has 0 aliphatic carbocycles. The first-order valence-corrected chi connectivity index (χ1v) is 21.5. The standard InChI is InChI=1S/C44H66N6O7S/c1-10-12-13-15-23-50(42(54)38(29(5)11-2)40(53)48-37-17-14-16-22-49(37)9)34(28(3)4)25-35(57-30(6)51)41-47-36(27-58-41)46-39(52)32(26-44(7,8)43(55)56)24-31-18-20-33(45)21-19-31/h1,18-21,27-29,32,34-35,37-38H,11-17,22-26,45H2,2-9H3,(H,46,52)(H,48,53)(H,55,56)/t29-,32-,34+,35+,37+,38-/m0/s1. The van der Waals surface area contributed by atoms with Gasteiger partial charge in [-0.15, -0.1) is 23.7 Å². The normalized spacial score (nSPS) is 17.3. The zero-order valence-electron chi connectivity index (χ0n) is 35.7. The summed E-state index contributed by atoms with van der Waals surface area (Å²) in [4.78, 5) is 76.0. The highest BCUT2D eigenvalue weighted by Crippen LogP contribution is 2.35. The van der Waals surface area contributed by atoms with Gasteiger partial charge in [0.15, 0.2) is 6.10 Å².